The molecule has 3 heterocycles. The van der Waals surface area contributed by atoms with Crippen molar-refractivity contribution in [3.05, 3.63) is 46.4 Å². The van der Waals surface area contributed by atoms with Crippen molar-refractivity contribution in [1.82, 2.24) is 14.5 Å². The lowest BCUT2D eigenvalue weighted by molar-refractivity contribution is -0.388. The number of hydrogen-bond donors (Lipinski definition) is 0. The number of rotatable bonds is 6. The van der Waals surface area contributed by atoms with Gasteiger partial charge in [0.15, 0.2) is 0 Å². The van der Waals surface area contributed by atoms with E-state index in [9.17, 15) is 18.5 Å². The van der Waals surface area contributed by atoms with Crippen molar-refractivity contribution >= 4 is 27.5 Å². The van der Waals surface area contributed by atoms with E-state index in [0.717, 1.165) is 30.7 Å². The number of furan rings is 1. The third-order valence-corrected chi connectivity index (χ3v) is 8.00. The number of hydrogen-bond acceptors (Lipinski definition) is 9. The minimum Gasteiger partial charge on any atom is -0.469 e. The van der Waals surface area contributed by atoms with E-state index < -0.39 is 14.9 Å². The Morgan fingerprint density at radius 3 is 2.61 bits per heavy atom. The van der Waals surface area contributed by atoms with Crippen molar-refractivity contribution in [1.29, 1.82) is 0 Å². The Bertz CT molecular complexity index is 1210. The molecule has 0 amide bonds. The second-order valence-corrected chi connectivity index (χ2v) is 10.3. The molecule has 0 atom stereocenters. The van der Waals surface area contributed by atoms with Gasteiger partial charge in [-0.05, 0) is 55.6 Å². The maximum Gasteiger partial charge on any atom is 0.284 e. The van der Waals surface area contributed by atoms with Gasteiger partial charge in [-0.25, -0.2) is 8.42 Å². The molecule has 31 heavy (non-hydrogen) atoms. The molecule has 1 aliphatic heterocycles. The highest BCUT2D eigenvalue weighted by Gasteiger charge is 2.30. The predicted octanol–water partition coefficient (Wildman–Crippen LogP) is 4.12. The Morgan fingerprint density at radius 2 is 1.97 bits per heavy atom. The fourth-order valence-corrected chi connectivity index (χ4v) is 5.58. The first-order chi connectivity index (χ1) is 14.8. The number of aromatic nitrogens is 2. The van der Waals surface area contributed by atoms with Gasteiger partial charge in [-0.3, -0.25) is 10.1 Å². The Balaban J connectivity index is 1.61. The first kappa shape index (κ1) is 21.5. The average Bonchev–Trinajstić information content (AvgIpc) is 3.37. The highest BCUT2D eigenvalue weighted by atomic mass is 32.2. The Hall–Kier alpha value is -2.70. The summed E-state index contributed by atoms with van der Waals surface area (Å²) < 4.78 is 38.1. The van der Waals surface area contributed by atoms with Gasteiger partial charge in [0.05, 0.1) is 26.5 Å². The summed E-state index contributed by atoms with van der Waals surface area (Å²) in [6.45, 7) is 4.65. The molecule has 0 spiro atoms. The molecule has 3 aromatic rings. The van der Waals surface area contributed by atoms with E-state index in [1.165, 1.54) is 22.7 Å². The summed E-state index contributed by atoms with van der Waals surface area (Å²) in [4.78, 5) is 11.1. The molecule has 1 aliphatic rings. The molecule has 1 saturated heterocycles. The molecule has 1 aromatic carbocycles. The quantitative estimate of drug-likeness (QED) is 0.390. The lowest BCUT2D eigenvalue weighted by Gasteiger charge is -2.29. The van der Waals surface area contributed by atoms with E-state index in [0.29, 0.717) is 30.3 Å². The number of benzene rings is 1. The van der Waals surface area contributed by atoms with E-state index in [1.807, 2.05) is 0 Å². The van der Waals surface area contributed by atoms with Crippen molar-refractivity contribution in [2.45, 2.75) is 41.7 Å². The first-order valence-electron chi connectivity index (χ1n) is 9.60. The van der Waals surface area contributed by atoms with Crippen LogP contribution in [0.25, 0.3) is 11.5 Å². The highest BCUT2D eigenvalue weighted by Crippen LogP contribution is 2.37. The van der Waals surface area contributed by atoms with Crippen LogP contribution in [0.15, 0.2) is 54.4 Å². The summed E-state index contributed by atoms with van der Waals surface area (Å²) in [7, 11) is -3.80. The third-order valence-electron chi connectivity index (χ3n) is 5.20. The Kier molecular flexibility index (Phi) is 5.86. The zero-order chi connectivity index (χ0) is 22.2. The maximum atomic E-state index is 13.0. The van der Waals surface area contributed by atoms with Crippen LogP contribution in [0, 0.1) is 23.0 Å². The predicted molar refractivity (Wildman–Crippen MR) is 111 cm³/mol. The Morgan fingerprint density at radius 1 is 1.23 bits per heavy atom. The van der Waals surface area contributed by atoms with Gasteiger partial charge < -0.3 is 8.83 Å². The minimum absolute atomic E-state index is 0.0966. The number of nitrogens with zero attached hydrogens (tertiary/aromatic N) is 4. The molecule has 1 fully saturated rings. The number of nitro groups is 1. The highest BCUT2D eigenvalue weighted by molar-refractivity contribution is 7.99. The van der Waals surface area contributed by atoms with Crippen LogP contribution in [0.5, 0.6) is 0 Å². The molecule has 0 radical (unpaired) electrons. The second kappa shape index (κ2) is 8.44. The third kappa shape index (κ3) is 4.36. The van der Waals surface area contributed by atoms with Crippen molar-refractivity contribution in [2.75, 3.05) is 13.1 Å². The standard InChI is InChI=1S/C19H20N4O6S2/c1-12-5-8-22(9-6-12)31(26,27)14-3-4-17(16(11-14)23(24)25)30-19-21-20-18(29-19)15-7-10-28-13(15)2/h3-4,7,10-12H,5-6,8-9H2,1-2H3. The van der Waals surface area contributed by atoms with Gasteiger partial charge in [0.25, 0.3) is 16.8 Å². The Labute approximate surface area is 182 Å². The van der Waals surface area contributed by atoms with Crippen LogP contribution in [0.2, 0.25) is 0 Å². The topological polar surface area (TPSA) is 133 Å². The van der Waals surface area contributed by atoms with Crippen LogP contribution in [0.3, 0.4) is 0 Å². The van der Waals surface area contributed by atoms with Crippen molar-refractivity contribution in [3.8, 4) is 11.5 Å². The summed E-state index contributed by atoms with van der Waals surface area (Å²) in [6, 6.07) is 5.55. The van der Waals surface area contributed by atoms with Crippen molar-refractivity contribution in [2.24, 2.45) is 5.92 Å². The van der Waals surface area contributed by atoms with Crippen LogP contribution >= 0.6 is 11.8 Å². The molecule has 10 nitrogen and oxygen atoms in total. The van der Waals surface area contributed by atoms with Crippen LogP contribution < -0.4 is 0 Å². The van der Waals surface area contributed by atoms with E-state index in [1.54, 1.807) is 13.0 Å². The maximum absolute atomic E-state index is 13.0. The van der Waals surface area contributed by atoms with Crippen molar-refractivity contribution < 1.29 is 22.2 Å². The van der Waals surface area contributed by atoms with E-state index >= 15 is 0 Å². The van der Waals surface area contributed by atoms with Gasteiger partial charge in [0.1, 0.15) is 5.76 Å². The molecule has 4 rings (SSSR count). The minimum atomic E-state index is -3.80. The van der Waals surface area contributed by atoms with Gasteiger partial charge in [-0.15, -0.1) is 10.2 Å². The first-order valence-corrected chi connectivity index (χ1v) is 11.9. The zero-order valence-electron chi connectivity index (χ0n) is 16.8. The summed E-state index contributed by atoms with van der Waals surface area (Å²) in [5.41, 5.74) is 0.293. The summed E-state index contributed by atoms with van der Waals surface area (Å²) >= 11 is 0.901. The van der Waals surface area contributed by atoms with Gasteiger partial charge >= 0.3 is 0 Å². The monoisotopic (exact) mass is 464 g/mol. The van der Waals surface area contributed by atoms with Crippen LogP contribution in [-0.4, -0.2) is 40.9 Å². The lowest BCUT2D eigenvalue weighted by Crippen LogP contribution is -2.37. The SMILES string of the molecule is Cc1occc1-c1nnc(Sc2ccc(S(=O)(=O)N3CCC(C)CC3)cc2[N+](=O)[O-])o1. The van der Waals surface area contributed by atoms with E-state index in [-0.39, 0.29) is 26.6 Å². The van der Waals surface area contributed by atoms with Gasteiger partial charge in [0.2, 0.25) is 10.0 Å². The number of aryl methyl sites for hydroxylation is 1. The summed E-state index contributed by atoms with van der Waals surface area (Å²) in [6.07, 6.45) is 3.03. The molecule has 2 aromatic heterocycles. The molecule has 164 valence electrons. The van der Waals surface area contributed by atoms with E-state index in [4.69, 9.17) is 8.83 Å². The number of sulfonamides is 1. The zero-order valence-corrected chi connectivity index (χ0v) is 18.5. The molecular formula is C19H20N4O6S2. The largest absolute Gasteiger partial charge is 0.469 e. The summed E-state index contributed by atoms with van der Waals surface area (Å²) in [5, 5.41) is 19.6. The average molecular weight is 465 g/mol. The van der Waals surface area contributed by atoms with Crippen LogP contribution in [-0.2, 0) is 10.0 Å². The molecular weight excluding hydrogens is 444 g/mol. The molecule has 0 bridgehead atoms. The molecule has 0 saturated carbocycles. The van der Waals surface area contributed by atoms with E-state index in [2.05, 4.69) is 17.1 Å². The van der Waals surface area contributed by atoms with Crippen LogP contribution in [0.1, 0.15) is 25.5 Å². The lowest BCUT2D eigenvalue weighted by atomic mass is 10.0. The summed E-state index contributed by atoms with van der Waals surface area (Å²) in [5.74, 6) is 1.30. The molecule has 0 aliphatic carbocycles. The fraction of sp³-hybridized carbons (Fsp3) is 0.368. The molecule has 0 N–H and O–H groups in total. The van der Waals surface area contributed by atoms with Crippen LogP contribution in [0.4, 0.5) is 5.69 Å². The fourth-order valence-electron chi connectivity index (χ4n) is 3.32. The number of piperidine rings is 1. The van der Waals surface area contributed by atoms with Gasteiger partial charge in [-0.2, -0.15) is 4.31 Å². The smallest absolute Gasteiger partial charge is 0.284 e. The van der Waals surface area contributed by atoms with Gasteiger partial charge in [0, 0.05) is 19.2 Å². The number of nitro benzene ring substituents is 1. The second-order valence-electron chi connectivity index (χ2n) is 7.34. The van der Waals surface area contributed by atoms with Crippen molar-refractivity contribution in [3.63, 3.8) is 0 Å². The van der Waals surface area contributed by atoms with Gasteiger partial charge in [-0.1, -0.05) is 6.92 Å². The molecule has 0 unspecified atom stereocenters. The normalized spacial score (nSPS) is 15.9. The molecule has 12 heteroatoms.